The van der Waals surface area contributed by atoms with Crippen molar-refractivity contribution in [3.8, 4) is 0 Å². The van der Waals surface area contributed by atoms with E-state index in [2.05, 4.69) is 0 Å². The van der Waals surface area contributed by atoms with Crippen LogP contribution in [-0.4, -0.2) is 35.0 Å². The highest BCUT2D eigenvalue weighted by Crippen LogP contribution is 2.18. The van der Waals surface area contributed by atoms with Gasteiger partial charge in [0.1, 0.15) is 6.54 Å². The summed E-state index contributed by atoms with van der Waals surface area (Å²) in [7, 11) is 0. The van der Waals surface area contributed by atoms with E-state index in [4.69, 9.17) is 22.4 Å². The quantitative estimate of drug-likeness (QED) is 0.811. The Kier molecular flexibility index (Phi) is 5.18. The maximum atomic E-state index is 12.3. The molecular weight excluding hydrogens is 268 g/mol. The van der Waals surface area contributed by atoms with E-state index in [-0.39, 0.29) is 18.4 Å². The summed E-state index contributed by atoms with van der Waals surface area (Å²) in [5, 5.41) is 9.21. The van der Waals surface area contributed by atoms with Crippen molar-refractivity contribution < 1.29 is 14.7 Å². The minimum absolute atomic E-state index is 0.167. The lowest BCUT2D eigenvalue weighted by atomic mass is 10.1. The van der Waals surface area contributed by atoms with Gasteiger partial charge in [-0.1, -0.05) is 25.4 Å². The Balaban J connectivity index is 3.00. The first kappa shape index (κ1) is 15.3. The molecule has 6 heteroatoms. The molecule has 0 fully saturated rings. The molecule has 5 nitrogen and oxygen atoms in total. The van der Waals surface area contributed by atoms with Gasteiger partial charge >= 0.3 is 5.97 Å². The Morgan fingerprint density at radius 3 is 2.47 bits per heavy atom. The zero-order chi connectivity index (χ0) is 14.6. The molecule has 1 rings (SSSR count). The van der Waals surface area contributed by atoms with Crippen molar-refractivity contribution in [3.05, 3.63) is 28.8 Å². The summed E-state index contributed by atoms with van der Waals surface area (Å²) in [5.74, 6) is -1.27. The van der Waals surface area contributed by atoms with Crippen LogP contribution in [0, 0.1) is 5.92 Å². The Morgan fingerprint density at radius 2 is 2.00 bits per heavy atom. The molecule has 0 unspecified atom stereocenters. The first-order valence-electron chi connectivity index (χ1n) is 5.86. The predicted molar refractivity (Wildman–Crippen MR) is 74.2 cm³/mol. The smallest absolute Gasteiger partial charge is 0.323 e. The maximum Gasteiger partial charge on any atom is 0.323 e. The monoisotopic (exact) mass is 284 g/mol. The minimum Gasteiger partial charge on any atom is -0.480 e. The summed E-state index contributed by atoms with van der Waals surface area (Å²) in [6.45, 7) is 3.84. The van der Waals surface area contributed by atoms with Gasteiger partial charge in [-0.15, -0.1) is 0 Å². The van der Waals surface area contributed by atoms with E-state index in [1.807, 2.05) is 13.8 Å². The number of hydrogen-bond acceptors (Lipinski definition) is 3. The zero-order valence-corrected chi connectivity index (χ0v) is 11.6. The van der Waals surface area contributed by atoms with Crippen LogP contribution in [0.15, 0.2) is 18.2 Å². The van der Waals surface area contributed by atoms with Crippen molar-refractivity contribution >= 4 is 29.2 Å². The fraction of sp³-hybridized carbons (Fsp3) is 0.385. The summed E-state index contributed by atoms with van der Waals surface area (Å²) in [4.78, 5) is 24.4. The number of carbonyl (C=O) groups excluding carboxylic acids is 1. The number of carboxylic acids is 1. The SMILES string of the molecule is CC(C)CN(CC(=O)O)C(=O)c1cc(N)cc(Cl)c1. The van der Waals surface area contributed by atoms with Crippen molar-refractivity contribution in [2.75, 3.05) is 18.8 Å². The second kappa shape index (κ2) is 6.43. The second-order valence-corrected chi connectivity index (χ2v) is 5.18. The first-order chi connectivity index (χ1) is 8.79. The van der Waals surface area contributed by atoms with Crippen molar-refractivity contribution in [2.45, 2.75) is 13.8 Å². The van der Waals surface area contributed by atoms with Gasteiger partial charge < -0.3 is 15.7 Å². The van der Waals surface area contributed by atoms with Gasteiger partial charge in [-0.2, -0.15) is 0 Å². The molecule has 0 aliphatic rings. The molecule has 0 atom stereocenters. The average molecular weight is 285 g/mol. The number of aliphatic carboxylic acids is 1. The number of carboxylic acid groups (broad SMARTS) is 1. The van der Waals surface area contributed by atoms with Gasteiger partial charge in [0.15, 0.2) is 0 Å². The summed E-state index contributed by atoms with van der Waals surface area (Å²) < 4.78 is 0. The average Bonchev–Trinajstić information content (AvgIpc) is 2.24. The largest absolute Gasteiger partial charge is 0.480 e. The Morgan fingerprint density at radius 1 is 1.37 bits per heavy atom. The molecule has 104 valence electrons. The van der Waals surface area contributed by atoms with Gasteiger partial charge in [0.25, 0.3) is 5.91 Å². The Labute approximate surface area is 117 Å². The molecule has 0 aliphatic carbocycles. The number of benzene rings is 1. The van der Waals surface area contributed by atoms with Gasteiger partial charge in [0, 0.05) is 22.8 Å². The van der Waals surface area contributed by atoms with Gasteiger partial charge in [-0.25, -0.2) is 0 Å². The summed E-state index contributed by atoms with van der Waals surface area (Å²) in [6.07, 6.45) is 0. The van der Waals surface area contributed by atoms with Gasteiger partial charge in [0.05, 0.1) is 0 Å². The van der Waals surface area contributed by atoms with Crippen molar-refractivity contribution in [2.24, 2.45) is 5.92 Å². The lowest BCUT2D eigenvalue weighted by molar-refractivity contribution is -0.137. The van der Waals surface area contributed by atoms with E-state index >= 15 is 0 Å². The van der Waals surface area contributed by atoms with Crippen LogP contribution in [0.5, 0.6) is 0 Å². The Bertz CT molecular complexity index is 469. The fourth-order valence-electron chi connectivity index (χ4n) is 1.74. The van der Waals surface area contributed by atoms with Crippen LogP contribution in [0.1, 0.15) is 24.2 Å². The lowest BCUT2D eigenvalue weighted by Gasteiger charge is -2.23. The normalized spacial score (nSPS) is 10.5. The topological polar surface area (TPSA) is 83.6 Å². The number of rotatable bonds is 5. The van der Waals surface area contributed by atoms with Crippen LogP contribution in [0.2, 0.25) is 5.02 Å². The number of hydrogen-bond donors (Lipinski definition) is 2. The number of carbonyl (C=O) groups is 2. The molecule has 1 aromatic carbocycles. The highest BCUT2D eigenvalue weighted by molar-refractivity contribution is 6.31. The molecule has 1 aromatic rings. The van der Waals surface area contributed by atoms with Crippen LogP contribution in [0.3, 0.4) is 0 Å². The van der Waals surface area contributed by atoms with Gasteiger partial charge in [-0.3, -0.25) is 9.59 Å². The van der Waals surface area contributed by atoms with Crippen molar-refractivity contribution in [1.82, 2.24) is 4.90 Å². The molecular formula is C13H17ClN2O3. The van der Waals surface area contributed by atoms with E-state index in [0.29, 0.717) is 22.8 Å². The lowest BCUT2D eigenvalue weighted by Crippen LogP contribution is -2.38. The minimum atomic E-state index is -1.05. The molecule has 19 heavy (non-hydrogen) atoms. The summed E-state index contributed by atoms with van der Waals surface area (Å²) in [6, 6.07) is 4.50. The number of halogens is 1. The van der Waals surface area contributed by atoms with Gasteiger partial charge in [-0.05, 0) is 24.1 Å². The molecule has 0 saturated heterocycles. The van der Waals surface area contributed by atoms with Gasteiger partial charge in [0.2, 0.25) is 0 Å². The molecule has 1 amide bonds. The van der Waals surface area contributed by atoms with E-state index in [1.165, 1.54) is 23.1 Å². The number of amides is 1. The molecule has 0 spiro atoms. The van der Waals surface area contributed by atoms with Crippen LogP contribution < -0.4 is 5.73 Å². The second-order valence-electron chi connectivity index (χ2n) is 4.75. The van der Waals surface area contributed by atoms with Crippen LogP contribution in [0.25, 0.3) is 0 Å². The zero-order valence-electron chi connectivity index (χ0n) is 10.9. The summed E-state index contributed by atoms with van der Waals surface area (Å²) in [5.41, 5.74) is 6.30. The molecule has 0 aliphatic heterocycles. The third-order valence-electron chi connectivity index (χ3n) is 2.37. The third kappa shape index (κ3) is 4.79. The molecule has 0 aromatic heterocycles. The van der Waals surface area contributed by atoms with E-state index in [0.717, 1.165) is 0 Å². The standard InChI is InChI=1S/C13H17ClN2O3/c1-8(2)6-16(7-12(17)18)13(19)9-3-10(14)5-11(15)4-9/h3-5,8H,6-7,15H2,1-2H3,(H,17,18). The van der Waals surface area contributed by atoms with Crippen molar-refractivity contribution in [1.29, 1.82) is 0 Å². The highest BCUT2D eigenvalue weighted by Gasteiger charge is 2.20. The predicted octanol–water partition coefficient (Wildman–Crippen LogP) is 2.10. The maximum absolute atomic E-state index is 12.3. The number of nitrogens with two attached hydrogens (primary N) is 1. The highest BCUT2D eigenvalue weighted by atomic mass is 35.5. The van der Waals surface area contributed by atoms with E-state index in [1.54, 1.807) is 0 Å². The molecule has 0 radical (unpaired) electrons. The van der Waals surface area contributed by atoms with E-state index < -0.39 is 5.97 Å². The fourth-order valence-corrected chi connectivity index (χ4v) is 1.99. The Hall–Kier alpha value is -1.75. The van der Waals surface area contributed by atoms with Crippen molar-refractivity contribution in [3.63, 3.8) is 0 Å². The number of nitrogens with zero attached hydrogens (tertiary/aromatic N) is 1. The van der Waals surface area contributed by atoms with E-state index in [9.17, 15) is 9.59 Å². The van der Waals surface area contributed by atoms with Crippen LogP contribution >= 0.6 is 11.6 Å². The molecule has 0 heterocycles. The van der Waals surface area contributed by atoms with Crippen LogP contribution in [0.4, 0.5) is 5.69 Å². The molecule has 0 saturated carbocycles. The van der Waals surface area contributed by atoms with Crippen LogP contribution in [-0.2, 0) is 4.79 Å². The number of anilines is 1. The number of nitrogen functional groups attached to an aromatic ring is 1. The third-order valence-corrected chi connectivity index (χ3v) is 2.58. The summed E-state index contributed by atoms with van der Waals surface area (Å²) >= 11 is 5.84. The molecule has 3 N–H and O–H groups in total. The first-order valence-corrected chi connectivity index (χ1v) is 6.24. The molecule has 0 bridgehead atoms.